The number of phenols is 2. The molecule has 8 N–H and O–H groups in total. The second kappa shape index (κ2) is 19.1. The monoisotopic (exact) mass is 614 g/mol. The highest BCUT2D eigenvalue weighted by molar-refractivity contribution is 6.33. The molecule has 0 amide bonds. The predicted octanol–water partition coefficient (Wildman–Crippen LogP) is 2.00. The van der Waals surface area contributed by atoms with Crippen LogP contribution in [0, 0.1) is 0 Å². The van der Waals surface area contributed by atoms with E-state index < -0.39 is 11.6 Å². The molecular formula is C24H38Cl4N6O4. The standard InChI is InChI=1S/C24H34N6O4.4ClH/c1-25-7-9-27-11-13-29-15-3-4-16(30-14-12-28-10-8-26-2)20-19(15)23(33)21-17(31)5-6-18(32)22(21)24(20)34;;;;/h3-6,25-32H,7-14H2,1-2H3;4*1H. The zero-order valence-corrected chi connectivity index (χ0v) is 24.6. The summed E-state index contributed by atoms with van der Waals surface area (Å²) < 4.78 is 0. The van der Waals surface area contributed by atoms with E-state index in [4.69, 9.17) is 0 Å². The van der Waals surface area contributed by atoms with Crippen molar-refractivity contribution in [2.45, 2.75) is 0 Å². The number of aromatic hydroxyl groups is 2. The van der Waals surface area contributed by atoms with Gasteiger partial charge in [-0.3, -0.25) is 9.59 Å². The van der Waals surface area contributed by atoms with Crippen molar-refractivity contribution in [2.75, 3.05) is 77.1 Å². The average molecular weight is 616 g/mol. The third-order valence-corrected chi connectivity index (χ3v) is 5.61. The smallest absolute Gasteiger partial charge is 0.200 e. The van der Waals surface area contributed by atoms with E-state index in [-0.39, 0.29) is 83.4 Å². The van der Waals surface area contributed by atoms with Gasteiger partial charge in [0.2, 0.25) is 11.6 Å². The van der Waals surface area contributed by atoms with Crippen molar-refractivity contribution in [1.82, 2.24) is 21.3 Å². The first kappa shape index (κ1) is 38.1. The average Bonchev–Trinajstić information content (AvgIpc) is 2.83. The Hall–Kier alpha value is -2.02. The van der Waals surface area contributed by atoms with Gasteiger partial charge in [0.15, 0.2) is 0 Å². The molecule has 3 rings (SSSR count). The first-order chi connectivity index (χ1) is 16.5. The van der Waals surface area contributed by atoms with Crippen LogP contribution in [0.4, 0.5) is 11.4 Å². The van der Waals surface area contributed by atoms with Crippen molar-refractivity contribution in [3.8, 4) is 11.5 Å². The fraction of sp³-hybridized carbons (Fsp3) is 0.417. The molecular weight excluding hydrogens is 578 g/mol. The molecule has 38 heavy (non-hydrogen) atoms. The van der Waals surface area contributed by atoms with Crippen molar-refractivity contribution in [3.05, 3.63) is 46.5 Å². The fourth-order valence-electron chi connectivity index (χ4n) is 3.91. The van der Waals surface area contributed by atoms with Crippen LogP contribution in [0.3, 0.4) is 0 Å². The summed E-state index contributed by atoms with van der Waals surface area (Å²) in [5.41, 5.74) is 1.07. The van der Waals surface area contributed by atoms with Crippen molar-refractivity contribution in [1.29, 1.82) is 0 Å². The van der Waals surface area contributed by atoms with E-state index in [2.05, 4.69) is 31.9 Å². The molecule has 0 fully saturated rings. The van der Waals surface area contributed by atoms with Crippen LogP contribution in [0.2, 0.25) is 0 Å². The summed E-state index contributed by atoms with van der Waals surface area (Å²) in [6.07, 6.45) is 0. The zero-order chi connectivity index (χ0) is 24.5. The van der Waals surface area contributed by atoms with Crippen LogP contribution in [0.5, 0.6) is 11.5 Å². The summed E-state index contributed by atoms with van der Waals surface area (Å²) in [4.78, 5) is 27.0. The molecule has 10 nitrogen and oxygen atoms in total. The summed E-state index contributed by atoms with van der Waals surface area (Å²) in [5.74, 6) is -1.66. The fourth-order valence-corrected chi connectivity index (χ4v) is 3.91. The number of likely N-dealkylation sites (N-methyl/N-ethyl adjacent to an activating group) is 2. The number of nitrogens with one attached hydrogen (secondary N) is 6. The predicted molar refractivity (Wildman–Crippen MR) is 163 cm³/mol. The van der Waals surface area contributed by atoms with Gasteiger partial charge in [-0.05, 0) is 38.4 Å². The van der Waals surface area contributed by atoms with Gasteiger partial charge in [0.25, 0.3) is 0 Å². The van der Waals surface area contributed by atoms with Crippen molar-refractivity contribution in [2.24, 2.45) is 0 Å². The molecule has 0 radical (unpaired) electrons. The van der Waals surface area contributed by atoms with Gasteiger partial charge in [0.05, 0.1) is 22.3 Å². The summed E-state index contributed by atoms with van der Waals surface area (Å²) in [6.45, 7) is 5.70. The summed E-state index contributed by atoms with van der Waals surface area (Å²) in [6, 6.07) is 5.97. The lowest BCUT2D eigenvalue weighted by molar-refractivity contribution is 0.0975. The lowest BCUT2D eigenvalue weighted by Gasteiger charge is -2.25. The number of carbonyl (C=O) groups is 2. The topological polar surface area (TPSA) is 147 Å². The van der Waals surface area contributed by atoms with Crippen LogP contribution < -0.4 is 31.9 Å². The van der Waals surface area contributed by atoms with Gasteiger partial charge in [0.1, 0.15) is 11.5 Å². The van der Waals surface area contributed by atoms with Crippen LogP contribution in [-0.4, -0.2) is 88.2 Å². The molecule has 14 heteroatoms. The molecule has 216 valence electrons. The summed E-state index contributed by atoms with van der Waals surface area (Å²) in [7, 11) is 3.77. The Kier molecular flexibility index (Phi) is 19.2. The van der Waals surface area contributed by atoms with E-state index in [0.29, 0.717) is 37.6 Å². The molecule has 0 saturated heterocycles. The number of hydrogen-bond donors (Lipinski definition) is 8. The van der Waals surface area contributed by atoms with E-state index in [1.54, 1.807) is 12.1 Å². The van der Waals surface area contributed by atoms with E-state index in [1.165, 1.54) is 12.1 Å². The van der Waals surface area contributed by atoms with Gasteiger partial charge in [-0.1, -0.05) is 0 Å². The number of rotatable bonds is 14. The minimum absolute atomic E-state index is 0. The third kappa shape index (κ3) is 9.03. The van der Waals surface area contributed by atoms with E-state index in [0.717, 1.165) is 26.2 Å². The molecule has 0 unspecified atom stereocenters. The Morgan fingerprint density at radius 1 is 0.526 bits per heavy atom. The SMILES string of the molecule is CNCCNCCNc1ccc(NCCNCCNC)c2c1C(=O)c1c(O)ccc(O)c1C2=O.Cl.Cl.Cl.Cl. The molecule has 0 spiro atoms. The quantitative estimate of drug-likeness (QED) is 0.100. The molecule has 0 heterocycles. The number of anilines is 2. The Morgan fingerprint density at radius 2 is 0.868 bits per heavy atom. The summed E-state index contributed by atoms with van der Waals surface area (Å²) >= 11 is 0. The second-order valence-corrected chi connectivity index (χ2v) is 7.98. The van der Waals surface area contributed by atoms with E-state index >= 15 is 0 Å². The maximum atomic E-state index is 13.5. The molecule has 0 aromatic heterocycles. The minimum Gasteiger partial charge on any atom is -0.507 e. The molecule has 2 aromatic carbocycles. The first-order valence-corrected chi connectivity index (χ1v) is 11.5. The number of ketones is 2. The lowest BCUT2D eigenvalue weighted by Crippen LogP contribution is -2.30. The molecule has 1 aliphatic rings. The number of halogens is 4. The van der Waals surface area contributed by atoms with E-state index in [9.17, 15) is 19.8 Å². The molecule has 0 bridgehead atoms. The largest absolute Gasteiger partial charge is 0.507 e. The van der Waals surface area contributed by atoms with Gasteiger partial charge in [-0.25, -0.2) is 0 Å². The van der Waals surface area contributed by atoms with Crippen LogP contribution in [0.15, 0.2) is 24.3 Å². The Balaban J connectivity index is 0. The van der Waals surface area contributed by atoms with E-state index in [1.807, 2.05) is 14.1 Å². The normalized spacial score (nSPS) is 11.1. The highest BCUT2D eigenvalue weighted by atomic mass is 35.5. The number of phenolic OH excluding ortho intramolecular Hbond substituents is 2. The molecule has 2 aromatic rings. The first-order valence-electron chi connectivity index (χ1n) is 11.5. The number of fused-ring (bicyclic) bond motifs is 2. The van der Waals surface area contributed by atoms with Crippen LogP contribution in [0.25, 0.3) is 0 Å². The second-order valence-electron chi connectivity index (χ2n) is 7.98. The van der Waals surface area contributed by atoms with Gasteiger partial charge in [-0.2, -0.15) is 0 Å². The van der Waals surface area contributed by atoms with Gasteiger partial charge in [0, 0.05) is 63.7 Å². The van der Waals surface area contributed by atoms with Crippen LogP contribution in [-0.2, 0) is 0 Å². The van der Waals surface area contributed by atoms with Gasteiger partial charge < -0.3 is 42.1 Å². The number of benzene rings is 2. The van der Waals surface area contributed by atoms with Crippen LogP contribution in [0.1, 0.15) is 31.8 Å². The summed E-state index contributed by atoms with van der Waals surface area (Å²) in [5, 5.41) is 39.8. The molecule has 1 aliphatic carbocycles. The molecule has 0 saturated carbocycles. The molecule has 0 atom stereocenters. The minimum atomic E-state index is -0.501. The number of hydrogen-bond acceptors (Lipinski definition) is 10. The Labute approximate surface area is 248 Å². The van der Waals surface area contributed by atoms with Crippen molar-refractivity contribution < 1.29 is 19.8 Å². The zero-order valence-electron chi connectivity index (χ0n) is 21.3. The Morgan fingerprint density at radius 3 is 1.21 bits per heavy atom. The van der Waals surface area contributed by atoms with Crippen LogP contribution >= 0.6 is 49.6 Å². The van der Waals surface area contributed by atoms with Crippen molar-refractivity contribution in [3.63, 3.8) is 0 Å². The van der Waals surface area contributed by atoms with Crippen molar-refractivity contribution >= 4 is 72.6 Å². The lowest BCUT2D eigenvalue weighted by atomic mass is 9.81. The number of carbonyl (C=O) groups excluding carboxylic acids is 2. The highest BCUT2D eigenvalue weighted by Gasteiger charge is 2.37. The Bertz CT molecular complexity index is 965. The van der Waals surface area contributed by atoms with Gasteiger partial charge in [-0.15, -0.1) is 49.6 Å². The maximum Gasteiger partial charge on any atom is 0.200 e. The van der Waals surface area contributed by atoms with Gasteiger partial charge >= 0.3 is 0 Å². The highest BCUT2D eigenvalue weighted by Crippen LogP contribution is 2.42. The third-order valence-electron chi connectivity index (χ3n) is 5.61. The maximum absolute atomic E-state index is 13.5. The molecule has 0 aliphatic heterocycles.